The van der Waals surface area contributed by atoms with Crippen molar-refractivity contribution >= 4 is 23.2 Å². The van der Waals surface area contributed by atoms with E-state index in [1.165, 1.54) is 5.01 Å². The molecule has 25 heavy (non-hydrogen) atoms. The average Bonchev–Trinajstić information content (AvgIpc) is 3.00. The molecule has 2 atom stereocenters. The maximum Gasteiger partial charge on any atom is 0.267 e. The van der Waals surface area contributed by atoms with E-state index in [0.717, 1.165) is 36.1 Å². The van der Waals surface area contributed by atoms with Crippen molar-refractivity contribution in [1.29, 1.82) is 0 Å². The van der Waals surface area contributed by atoms with Gasteiger partial charge in [-0.2, -0.15) is 5.10 Å². The zero-order valence-corrected chi connectivity index (χ0v) is 14.8. The van der Waals surface area contributed by atoms with Gasteiger partial charge in [-0.05, 0) is 43.9 Å². The number of benzene rings is 1. The number of nitrogens with zero attached hydrogens (tertiary/aromatic N) is 2. The smallest absolute Gasteiger partial charge is 0.267 e. The number of hydrazone groups is 1. The third-order valence-electron chi connectivity index (χ3n) is 5.03. The predicted molar refractivity (Wildman–Crippen MR) is 96.4 cm³/mol. The number of carbonyl (C=O) groups is 2. The molecule has 1 saturated carbocycles. The number of amides is 2. The first kappa shape index (κ1) is 17.6. The van der Waals surface area contributed by atoms with Crippen LogP contribution in [0, 0.1) is 19.8 Å². The minimum atomic E-state index is -0.332. The van der Waals surface area contributed by atoms with E-state index in [-0.39, 0.29) is 30.3 Å². The predicted octanol–water partition coefficient (Wildman–Crippen LogP) is 2.06. The van der Waals surface area contributed by atoms with Gasteiger partial charge in [-0.25, -0.2) is 5.01 Å². The zero-order valence-electron chi connectivity index (χ0n) is 14.8. The highest BCUT2D eigenvalue weighted by molar-refractivity contribution is 6.40. The molecule has 3 rings (SSSR count). The molecule has 1 heterocycles. The molecule has 2 amide bonds. The summed E-state index contributed by atoms with van der Waals surface area (Å²) in [5, 5.41) is 18.4. The van der Waals surface area contributed by atoms with Gasteiger partial charge in [0.05, 0.1) is 11.8 Å². The third-order valence-corrected chi connectivity index (χ3v) is 5.03. The van der Waals surface area contributed by atoms with Crippen LogP contribution in [0.4, 0.5) is 5.69 Å². The largest absolute Gasteiger partial charge is 0.393 e. The summed E-state index contributed by atoms with van der Waals surface area (Å²) in [6.45, 7) is 4.34. The van der Waals surface area contributed by atoms with E-state index in [0.29, 0.717) is 18.7 Å². The summed E-state index contributed by atoms with van der Waals surface area (Å²) < 4.78 is 0. The summed E-state index contributed by atoms with van der Waals surface area (Å²) in [7, 11) is 0. The molecule has 0 aromatic heterocycles. The Morgan fingerprint density at radius 1 is 1.32 bits per heavy atom. The van der Waals surface area contributed by atoms with Gasteiger partial charge in [0.2, 0.25) is 5.91 Å². The number of hydrogen-bond donors (Lipinski definition) is 2. The molecule has 134 valence electrons. The number of aryl methyl sites for hydroxylation is 2. The van der Waals surface area contributed by atoms with Gasteiger partial charge in [-0.1, -0.05) is 18.6 Å². The minimum absolute atomic E-state index is 0.100. The lowest BCUT2D eigenvalue weighted by molar-refractivity contribution is -0.119. The Morgan fingerprint density at radius 3 is 2.84 bits per heavy atom. The second kappa shape index (κ2) is 7.35. The fourth-order valence-electron chi connectivity index (χ4n) is 3.43. The fourth-order valence-corrected chi connectivity index (χ4v) is 3.43. The SMILES string of the molecule is Cc1ccc(C)c(N2N=C(C(=O)NCC3CCCC3O)CCC2=O)c1. The quantitative estimate of drug-likeness (QED) is 0.878. The molecule has 1 aromatic carbocycles. The molecule has 6 heteroatoms. The first-order valence-corrected chi connectivity index (χ1v) is 8.89. The molecule has 0 radical (unpaired) electrons. The standard InChI is InChI=1S/C19H25N3O3/c1-12-6-7-13(2)16(10-12)22-18(24)9-8-15(21-22)19(25)20-11-14-4-3-5-17(14)23/h6-7,10,14,17,23H,3-5,8-9,11H2,1-2H3,(H,20,25). The Hall–Kier alpha value is -2.21. The number of aliphatic hydroxyl groups is 1. The molecular formula is C19H25N3O3. The van der Waals surface area contributed by atoms with Crippen molar-refractivity contribution < 1.29 is 14.7 Å². The van der Waals surface area contributed by atoms with E-state index in [1.54, 1.807) is 0 Å². The lowest BCUT2D eigenvalue weighted by Gasteiger charge is -2.25. The van der Waals surface area contributed by atoms with Crippen LogP contribution >= 0.6 is 0 Å². The van der Waals surface area contributed by atoms with Crippen LogP contribution in [-0.4, -0.2) is 35.3 Å². The monoisotopic (exact) mass is 343 g/mol. The van der Waals surface area contributed by atoms with Crippen LogP contribution in [0.2, 0.25) is 0 Å². The van der Waals surface area contributed by atoms with Crippen LogP contribution in [0.5, 0.6) is 0 Å². The van der Waals surface area contributed by atoms with Gasteiger partial charge in [0.15, 0.2) is 0 Å². The van der Waals surface area contributed by atoms with Crippen LogP contribution in [-0.2, 0) is 9.59 Å². The van der Waals surface area contributed by atoms with Crippen LogP contribution in [0.1, 0.15) is 43.2 Å². The lowest BCUT2D eigenvalue weighted by Crippen LogP contribution is -2.41. The van der Waals surface area contributed by atoms with E-state index in [9.17, 15) is 14.7 Å². The third kappa shape index (κ3) is 3.90. The van der Waals surface area contributed by atoms with Gasteiger partial charge in [0.25, 0.3) is 5.91 Å². The summed E-state index contributed by atoms with van der Waals surface area (Å²) in [6, 6.07) is 5.84. The van der Waals surface area contributed by atoms with Gasteiger partial charge >= 0.3 is 0 Å². The van der Waals surface area contributed by atoms with Crippen LogP contribution in [0.25, 0.3) is 0 Å². The maximum absolute atomic E-state index is 12.4. The lowest BCUT2D eigenvalue weighted by atomic mass is 10.1. The molecule has 1 fully saturated rings. The molecule has 1 aliphatic heterocycles. The summed E-state index contributed by atoms with van der Waals surface area (Å²) in [6.07, 6.45) is 3.02. The summed E-state index contributed by atoms with van der Waals surface area (Å²) in [5.74, 6) is -0.233. The fraction of sp³-hybridized carbons (Fsp3) is 0.526. The number of nitrogens with one attached hydrogen (secondary N) is 1. The topological polar surface area (TPSA) is 82.0 Å². The molecule has 2 N–H and O–H groups in total. The number of aliphatic hydroxyl groups excluding tert-OH is 1. The summed E-state index contributed by atoms with van der Waals surface area (Å²) >= 11 is 0. The molecule has 2 aliphatic rings. The van der Waals surface area contributed by atoms with E-state index in [1.807, 2.05) is 32.0 Å². The highest BCUT2D eigenvalue weighted by Gasteiger charge is 2.29. The molecule has 0 bridgehead atoms. The molecule has 1 aliphatic carbocycles. The Kier molecular flexibility index (Phi) is 5.18. The van der Waals surface area contributed by atoms with Gasteiger partial charge in [-0.15, -0.1) is 0 Å². The Labute approximate surface area is 147 Å². The Morgan fingerprint density at radius 2 is 2.12 bits per heavy atom. The highest BCUT2D eigenvalue weighted by atomic mass is 16.3. The van der Waals surface area contributed by atoms with Gasteiger partial charge in [-0.3, -0.25) is 9.59 Å². The molecule has 2 unspecified atom stereocenters. The average molecular weight is 343 g/mol. The van der Waals surface area contributed by atoms with Crippen molar-refractivity contribution in [3.63, 3.8) is 0 Å². The normalized spacial score (nSPS) is 23.6. The summed E-state index contributed by atoms with van der Waals surface area (Å²) in [5.41, 5.74) is 3.07. The molecule has 1 aromatic rings. The van der Waals surface area contributed by atoms with E-state index < -0.39 is 0 Å². The van der Waals surface area contributed by atoms with Crippen molar-refractivity contribution in [2.45, 2.75) is 52.1 Å². The molecule has 6 nitrogen and oxygen atoms in total. The maximum atomic E-state index is 12.4. The van der Waals surface area contributed by atoms with E-state index >= 15 is 0 Å². The van der Waals surface area contributed by atoms with Crippen LogP contribution in [0.3, 0.4) is 0 Å². The Bertz CT molecular complexity index is 714. The number of rotatable bonds is 4. The zero-order chi connectivity index (χ0) is 18.0. The first-order valence-electron chi connectivity index (χ1n) is 8.89. The van der Waals surface area contributed by atoms with Crippen molar-refractivity contribution in [3.8, 4) is 0 Å². The van der Waals surface area contributed by atoms with E-state index in [4.69, 9.17) is 0 Å². The second-order valence-corrected chi connectivity index (χ2v) is 7.01. The molecular weight excluding hydrogens is 318 g/mol. The van der Waals surface area contributed by atoms with E-state index in [2.05, 4.69) is 10.4 Å². The van der Waals surface area contributed by atoms with Gasteiger partial charge < -0.3 is 10.4 Å². The number of carbonyl (C=O) groups excluding carboxylic acids is 2. The molecule has 0 spiro atoms. The minimum Gasteiger partial charge on any atom is -0.393 e. The van der Waals surface area contributed by atoms with Crippen LogP contribution in [0.15, 0.2) is 23.3 Å². The molecule has 0 saturated heterocycles. The van der Waals surface area contributed by atoms with Crippen molar-refractivity contribution in [2.75, 3.05) is 11.6 Å². The van der Waals surface area contributed by atoms with Crippen molar-refractivity contribution in [3.05, 3.63) is 29.3 Å². The first-order chi connectivity index (χ1) is 12.0. The Balaban J connectivity index is 1.73. The highest BCUT2D eigenvalue weighted by Crippen LogP contribution is 2.26. The second-order valence-electron chi connectivity index (χ2n) is 7.01. The van der Waals surface area contributed by atoms with Gasteiger partial charge in [0.1, 0.15) is 5.71 Å². The number of hydrogen-bond acceptors (Lipinski definition) is 4. The van der Waals surface area contributed by atoms with Crippen molar-refractivity contribution in [2.24, 2.45) is 11.0 Å². The number of anilines is 1. The summed E-state index contributed by atoms with van der Waals surface area (Å²) in [4.78, 5) is 24.7. The van der Waals surface area contributed by atoms with Gasteiger partial charge in [0, 0.05) is 25.3 Å². The van der Waals surface area contributed by atoms with Crippen LogP contribution < -0.4 is 10.3 Å². The van der Waals surface area contributed by atoms with Crippen molar-refractivity contribution in [1.82, 2.24) is 5.32 Å².